The van der Waals surface area contributed by atoms with E-state index >= 15 is 4.39 Å². The Labute approximate surface area is 196 Å². The molecule has 0 saturated heterocycles. The van der Waals surface area contributed by atoms with Crippen LogP contribution in [-0.4, -0.2) is 34.1 Å². The highest BCUT2D eigenvalue weighted by molar-refractivity contribution is 7.92. The van der Waals surface area contributed by atoms with Crippen molar-refractivity contribution >= 4 is 27.5 Å². The zero-order valence-corrected chi connectivity index (χ0v) is 19.6. The molecule has 0 radical (unpaired) electrons. The van der Waals surface area contributed by atoms with E-state index in [-0.39, 0.29) is 41.2 Å². The summed E-state index contributed by atoms with van der Waals surface area (Å²) < 4.78 is 61.9. The molecule has 0 aromatic heterocycles. The van der Waals surface area contributed by atoms with Gasteiger partial charge in [-0.15, -0.1) is 0 Å². The van der Waals surface area contributed by atoms with Crippen molar-refractivity contribution in [1.29, 1.82) is 0 Å². The lowest BCUT2D eigenvalue weighted by molar-refractivity contribution is 0.0982. The van der Waals surface area contributed by atoms with Gasteiger partial charge < -0.3 is 15.4 Å². The molecule has 0 bridgehead atoms. The molecule has 2 aromatic carbocycles. The predicted molar refractivity (Wildman–Crippen MR) is 120 cm³/mol. The van der Waals surface area contributed by atoms with Crippen LogP contribution in [0.2, 0.25) is 5.02 Å². The summed E-state index contributed by atoms with van der Waals surface area (Å²) in [6.07, 6.45) is 0.848. The molecule has 6 nitrogen and oxygen atoms in total. The van der Waals surface area contributed by atoms with Crippen LogP contribution in [0.4, 0.5) is 13.6 Å². The maximum absolute atomic E-state index is 15.2. The molecular weight excluding hydrogens is 474 g/mol. The second-order valence-corrected chi connectivity index (χ2v) is 11.1. The predicted octanol–water partition coefficient (Wildman–Crippen LogP) is 4.42. The van der Waals surface area contributed by atoms with E-state index in [9.17, 15) is 17.6 Å². The van der Waals surface area contributed by atoms with Crippen molar-refractivity contribution < 1.29 is 26.7 Å². The van der Waals surface area contributed by atoms with Crippen molar-refractivity contribution in [2.75, 3.05) is 19.7 Å². The molecule has 1 unspecified atom stereocenters. The lowest BCUT2D eigenvalue weighted by Crippen LogP contribution is -2.53. The Morgan fingerprint density at radius 3 is 2.55 bits per heavy atom. The smallest absolute Gasteiger partial charge is 0.314 e. The number of carbonyl (C=O) groups excluding carboxylic acids is 1. The highest BCUT2D eigenvalue weighted by Crippen LogP contribution is 2.57. The fraction of sp³-hybridized carbons (Fsp3) is 0.435. The van der Waals surface area contributed by atoms with Crippen LogP contribution < -0.4 is 15.4 Å². The van der Waals surface area contributed by atoms with Crippen molar-refractivity contribution in [3.05, 3.63) is 58.6 Å². The molecule has 2 amide bonds. The van der Waals surface area contributed by atoms with E-state index in [0.29, 0.717) is 31.0 Å². The minimum absolute atomic E-state index is 0.00712. The number of rotatable bonds is 5. The van der Waals surface area contributed by atoms with Crippen LogP contribution in [0.3, 0.4) is 0 Å². The Morgan fingerprint density at radius 2 is 1.85 bits per heavy atom. The molecule has 1 fully saturated rings. The quantitative estimate of drug-likeness (QED) is 0.639. The molecule has 1 heterocycles. The van der Waals surface area contributed by atoms with Gasteiger partial charge in [0.1, 0.15) is 10.6 Å². The molecule has 4 rings (SSSR count). The highest BCUT2D eigenvalue weighted by Gasteiger charge is 2.59. The van der Waals surface area contributed by atoms with E-state index in [1.165, 1.54) is 24.3 Å². The summed E-state index contributed by atoms with van der Waals surface area (Å²) in [4.78, 5) is 11.8. The first-order valence-electron chi connectivity index (χ1n) is 10.8. The van der Waals surface area contributed by atoms with E-state index in [1.807, 2.05) is 0 Å². The largest absolute Gasteiger partial charge is 0.490 e. The molecule has 2 aliphatic rings. The summed E-state index contributed by atoms with van der Waals surface area (Å²) in [6.45, 7) is 2.56. The SMILES string of the molecule is CCNC(=O)NC[C@@H]1CC[C@@]2(S(=O)(=O)c3ccc(Cl)cc3)c3c(F)ccc(F)c3OCC2C1. The molecule has 10 heteroatoms. The minimum atomic E-state index is -4.16. The summed E-state index contributed by atoms with van der Waals surface area (Å²) in [5.41, 5.74) is -0.246. The standard InChI is InChI=1S/C23H25ClF2N2O4S/c1-2-27-22(29)28-12-14-9-10-23(33(30,31)17-5-3-16(24)4-6-17)15(11-14)13-32-21-19(26)8-7-18(25)20(21)23/h3-8,14-15H,2,9-13H2,1H3,(H2,27,28,29)/t14-,15?,23+/m1/s1. The van der Waals surface area contributed by atoms with Gasteiger partial charge in [0.2, 0.25) is 0 Å². The average molecular weight is 499 g/mol. The van der Waals surface area contributed by atoms with E-state index in [4.69, 9.17) is 16.3 Å². The van der Waals surface area contributed by atoms with Gasteiger partial charge in [-0.1, -0.05) is 11.6 Å². The molecule has 178 valence electrons. The number of benzene rings is 2. The molecule has 1 saturated carbocycles. The summed E-state index contributed by atoms with van der Waals surface area (Å²) in [5, 5.41) is 5.81. The zero-order valence-electron chi connectivity index (χ0n) is 18.0. The van der Waals surface area contributed by atoms with Gasteiger partial charge in [0.05, 0.1) is 17.1 Å². The monoisotopic (exact) mass is 498 g/mol. The van der Waals surface area contributed by atoms with Crippen molar-refractivity contribution in [2.45, 2.75) is 35.8 Å². The van der Waals surface area contributed by atoms with Crippen LogP contribution in [-0.2, 0) is 14.6 Å². The highest BCUT2D eigenvalue weighted by atomic mass is 35.5. The fourth-order valence-electron chi connectivity index (χ4n) is 5.08. The number of fused-ring (bicyclic) bond motifs is 3. The Balaban J connectivity index is 1.78. The van der Waals surface area contributed by atoms with Crippen LogP contribution >= 0.6 is 11.6 Å². The fourth-order valence-corrected chi connectivity index (χ4v) is 7.56. The van der Waals surface area contributed by atoms with E-state index in [0.717, 1.165) is 12.1 Å². The number of hydrogen-bond acceptors (Lipinski definition) is 4. The first-order valence-corrected chi connectivity index (χ1v) is 12.7. The van der Waals surface area contributed by atoms with Crippen LogP contribution in [0.15, 0.2) is 41.3 Å². The van der Waals surface area contributed by atoms with Gasteiger partial charge in [-0.25, -0.2) is 22.0 Å². The average Bonchev–Trinajstić information content (AvgIpc) is 2.79. The Kier molecular flexibility index (Phi) is 6.55. The zero-order chi connectivity index (χ0) is 23.8. The number of urea groups is 1. The van der Waals surface area contributed by atoms with E-state index in [1.54, 1.807) is 6.92 Å². The molecule has 2 aromatic rings. The number of ether oxygens (including phenoxy) is 1. The van der Waals surface area contributed by atoms with Crippen LogP contribution in [0.25, 0.3) is 0 Å². The van der Waals surface area contributed by atoms with Gasteiger partial charge in [0.15, 0.2) is 21.4 Å². The second kappa shape index (κ2) is 9.10. The summed E-state index contributed by atoms with van der Waals surface area (Å²) in [7, 11) is -4.16. The minimum Gasteiger partial charge on any atom is -0.490 e. The van der Waals surface area contributed by atoms with Crippen molar-refractivity contribution in [3.63, 3.8) is 0 Å². The third-order valence-electron chi connectivity index (χ3n) is 6.60. The number of carbonyl (C=O) groups is 1. The summed E-state index contributed by atoms with van der Waals surface area (Å²) in [5.74, 6) is -2.62. The Morgan fingerprint density at radius 1 is 1.15 bits per heavy atom. The van der Waals surface area contributed by atoms with Crippen LogP contribution in [0.1, 0.15) is 31.7 Å². The number of halogens is 3. The van der Waals surface area contributed by atoms with Gasteiger partial charge in [-0.2, -0.15) is 0 Å². The Hall–Kier alpha value is -2.39. The first-order chi connectivity index (χ1) is 15.7. The van der Waals surface area contributed by atoms with E-state index < -0.39 is 32.1 Å². The molecular formula is C23H25ClF2N2O4S. The van der Waals surface area contributed by atoms with Gasteiger partial charge in [0.25, 0.3) is 0 Å². The van der Waals surface area contributed by atoms with Crippen molar-refractivity contribution in [1.82, 2.24) is 10.6 Å². The number of amides is 2. The maximum Gasteiger partial charge on any atom is 0.314 e. The third-order valence-corrected chi connectivity index (χ3v) is 9.45. The molecule has 33 heavy (non-hydrogen) atoms. The van der Waals surface area contributed by atoms with Crippen molar-refractivity contribution in [3.8, 4) is 5.75 Å². The third kappa shape index (κ3) is 4.05. The lowest BCUT2D eigenvalue weighted by atomic mass is 9.69. The van der Waals surface area contributed by atoms with Crippen LogP contribution in [0, 0.1) is 23.5 Å². The molecule has 1 aliphatic heterocycles. The molecule has 1 aliphatic carbocycles. The number of nitrogens with one attached hydrogen (secondary N) is 2. The van der Waals surface area contributed by atoms with Gasteiger partial charge >= 0.3 is 6.03 Å². The normalized spacial score (nSPS) is 24.2. The van der Waals surface area contributed by atoms with Gasteiger partial charge in [-0.3, -0.25) is 0 Å². The first kappa shape index (κ1) is 23.8. The molecule has 3 atom stereocenters. The van der Waals surface area contributed by atoms with Crippen molar-refractivity contribution in [2.24, 2.45) is 11.8 Å². The molecule has 0 spiro atoms. The number of sulfone groups is 1. The van der Waals surface area contributed by atoms with E-state index in [2.05, 4.69) is 10.6 Å². The topological polar surface area (TPSA) is 84.5 Å². The van der Waals surface area contributed by atoms with Gasteiger partial charge in [-0.05, 0) is 68.5 Å². The lowest BCUT2D eigenvalue weighted by Gasteiger charge is -2.49. The molecule has 2 N–H and O–H groups in total. The summed E-state index contributed by atoms with van der Waals surface area (Å²) in [6, 6.07) is 7.29. The Bertz CT molecular complexity index is 1160. The second-order valence-electron chi connectivity index (χ2n) is 8.47. The van der Waals surface area contributed by atoms with Crippen LogP contribution in [0.5, 0.6) is 5.75 Å². The number of hydrogen-bond donors (Lipinski definition) is 2. The maximum atomic E-state index is 15.2. The summed E-state index contributed by atoms with van der Waals surface area (Å²) >= 11 is 5.95. The van der Waals surface area contributed by atoms with Gasteiger partial charge in [0, 0.05) is 24.0 Å².